The predicted octanol–water partition coefficient (Wildman–Crippen LogP) is 2.85. The molecular formula is C26H42O14. The van der Waals surface area contributed by atoms with E-state index in [1.54, 1.807) is 6.92 Å². The lowest BCUT2D eigenvalue weighted by atomic mass is 10.3. The van der Waals surface area contributed by atoms with Gasteiger partial charge in [-0.2, -0.15) is 0 Å². The molecule has 40 heavy (non-hydrogen) atoms. The van der Waals surface area contributed by atoms with Crippen molar-refractivity contribution in [2.45, 2.75) is 47.1 Å². The van der Waals surface area contributed by atoms with Crippen LogP contribution in [0.5, 0.6) is 0 Å². The Bertz CT molecular complexity index is 703. The molecule has 14 heteroatoms. The Kier molecular flexibility index (Phi) is 47.0. The van der Waals surface area contributed by atoms with Crippen LogP contribution in [-0.2, 0) is 28.8 Å². The molecule has 14 nitrogen and oxygen atoms in total. The molecule has 0 amide bonds. The van der Waals surface area contributed by atoms with E-state index >= 15 is 0 Å². The summed E-state index contributed by atoms with van der Waals surface area (Å²) in [5, 5.41) is 63.2. The number of hydrogen-bond donors (Lipinski definition) is 8. The minimum absolute atomic E-state index is 0.0810. The van der Waals surface area contributed by atoms with Gasteiger partial charge in [-0.15, -0.1) is 0 Å². The molecule has 0 heterocycles. The van der Waals surface area contributed by atoms with E-state index in [2.05, 4.69) is 39.5 Å². The second kappa shape index (κ2) is 36.3. The molecule has 0 aromatic carbocycles. The largest absolute Gasteiger partial charge is 0.478 e. The van der Waals surface area contributed by atoms with Gasteiger partial charge in [-0.1, -0.05) is 39.5 Å². The standard InChI is InChI=1S/C4H10O2.4C4H6O2.2C3H4O2/c1-4(6)2-3-5;4*1-3(2)4(5)6;2*1-2-3(4)5/h4-6H,2-3H2,1H3;4*1H2,2H3,(H,5,6);2*2H,1H2,(H,4,5). The van der Waals surface area contributed by atoms with E-state index in [-0.39, 0.29) is 35.0 Å². The summed E-state index contributed by atoms with van der Waals surface area (Å²) in [4.78, 5) is 56.9. The van der Waals surface area contributed by atoms with Gasteiger partial charge < -0.3 is 40.9 Å². The number of aliphatic carboxylic acids is 6. The van der Waals surface area contributed by atoms with Crippen LogP contribution < -0.4 is 0 Å². The van der Waals surface area contributed by atoms with Gasteiger partial charge in [0.1, 0.15) is 0 Å². The molecule has 0 bridgehead atoms. The van der Waals surface area contributed by atoms with Crippen LogP contribution in [0.15, 0.2) is 73.9 Å². The maximum atomic E-state index is 9.60. The van der Waals surface area contributed by atoms with E-state index in [9.17, 15) is 28.8 Å². The lowest BCUT2D eigenvalue weighted by Gasteiger charge is -1.95. The highest BCUT2D eigenvalue weighted by molar-refractivity contribution is 5.86. The first-order valence-corrected chi connectivity index (χ1v) is 10.4. The first-order chi connectivity index (χ1) is 17.9. The van der Waals surface area contributed by atoms with Crippen LogP contribution in [0, 0.1) is 0 Å². The molecule has 1 atom stereocenters. The maximum absolute atomic E-state index is 9.60. The van der Waals surface area contributed by atoms with Crippen molar-refractivity contribution in [2.75, 3.05) is 6.61 Å². The zero-order valence-corrected chi connectivity index (χ0v) is 23.4. The van der Waals surface area contributed by atoms with Gasteiger partial charge >= 0.3 is 35.8 Å². The summed E-state index contributed by atoms with van der Waals surface area (Å²) in [6.45, 7) is 26.1. The average molecular weight is 579 g/mol. The Balaban J connectivity index is -0.0000000636. The quantitative estimate of drug-likeness (QED) is 0.192. The van der Waals surface area contributed by atoms with Crippen LogP contribution in [0.3, 0.4) is 0 Å². The first-order valence-electron chi connectivity index (χ1n) is 10.4. The van der Waals surface area contributed by atoms with Crippen LogP contribution >= 0.6 is 0 Å². The summed E-state index contributed by atoms with van der Waals surface area (Å²) in [5.74, 6) is -5.70. The number of hydrogen-bond acceptors (Lipinski definition) is 8. The average Bonchev–Trinajstić information content (AvgIpc) is 2.80. The van der Waals surface area contributed by atoms with E-state index in [0.717, 1.165) is 12.2 Å². The Morgan fingerprint density at radius 2 is 0.700 bits per heavy atom. The summed E-state index contributed by atoms with van der Waals surface area (Å²) in [6, 6.07) is 0. The van der Waals surface area contributed by atoms with E-state index in [1.807, 2.05) is 0 Å². The van der Waals surface area contributed by atoms with Crippen molar-refractivity contribution in [3.63, 3.8) is 0 Å². The van der Waals surface area contributed by atoms with Crippen molar-refractivity contribution < 1.29 is 69.6 Å². The molecule has 1 unspecified atom stereocenters. The molecule has 0 aliphatic rings. The second-order valence-electron chi connectivity index (χ2n) is 6.79. The second-order valence-corrected chi connectivity index (χ2v) is 6.79. The Morgan fingerprint density at radius 3 is 0.700 bits per heavy atom. The summed E-state index contributed by atoms with van der Waals surface area (Å²) >= 11 is 0. The third-order valence-electron chi connectivity index (χ3n) is 2.36. The summed E-state index contributed by atoms with van der Waals surface area (Å²) in [7, 11) is 0. The molecule has 8 N–H and O–H groups in total. The third-order valence-corrected chi connectivity index (χ3v) is 2.36. The van der Waals surface area contributed by atoms with Gasteiger partial charge in [-0.3, -0.25) is 0 Å². The highest BCUT2D eigenvalue weighted by atomic mass is 16.4. The van der Waals surface area contributed by atoms with E-state index in [4.69, 9.17) is 40.9 Å². The summed E-state index contributed by atoms with van der Waals surface area (Å²) in [5.41, 5.74) is 0.704. The van der Waals surface area contributed by atoms with Crippen LogP contribution in [0.25, 0.3) is 0 Å². The Morgan fingerprint density at radius 1 is 0.575 bits per heavy atom. The van der Waals surface area contributed by atoms with Gasteiger partial charge in [-0.05, 0) is 41.0 Å². The molecule has 0 saturated heterocycles. The van der Waals surface area contributed by atoms with Gasteiger partial charge in [0.25, 0.3) is 0 Å². The number of carbonyl (C=O) groups is 6. The molecule has 0 radical (unpaired) electrons. The number of carboxylic acids is 6. The van der Waals surface area contributed by atoms with Crippen molar-refractivity contribution >= 4 is 35.8 Å². The molecule has 0 rings (SSSR count). The fraction of sp³-hybridized carbons (Fsp3) is 0.308. The first kappa shape index (κ1) is 51.8. The Labute approximate surface area is 233 Å². The number of rotatable bonds is 8. The topological polar surface area (TPSA) is 264 Å². The predicted molar refractivity (Wildman–Crippen MR) is 149 cm³/mol. The number of carboxylic acid groups (broad SMARTS) is 6. The van der Waals surface area contributed by atoms with Gasteiger partial charge in [0.05, 0.1) is 6.10 Å². The fourth-order valence-electron chi connectivity index (χ4n) is 0.187. The molecule has 0 aromatic rings. The zero-order chi connectivity index (χ0) is 34.2. The van der Waals surface area contributed by atoms with E-state index in [1.165, 1.54) is 27.7 Å². The maximum Gasteiger partial charge on any atom is 0.330 e. The van der Waals surface area contributed by atoms with Crippen LogP contribution in [-0.4, -0.2) is 89.4 Å². The smallest absolute Gasteiger partial charge is 0.330 e. The third kappa shape index (κ3) is 104. The van der Waals surface area contributed by atoms with E-state index < -0.39 is 35.8 Å². The van der Waals surface area contributed by atoms with Crippen molar-refractivity contribution in [3.8, 4) is 0 Å². The van der Waals surface area contributed by atoms with Crippen LogP contribution in [0.1, 0.15) is 41.0 Å². The highest BCUT2D eigenvalue weighted by Gasteiger charge is 1.92. The molecular weight excluding hydrogens is 536 g/mol. The van der Waals surface area contributed by atoms with Gasteiger partial charge in [0, 0.05) is 41.1 Å². The summed E-state index contributed by atoms with van der Waals surface area (Å²) < 4.78 is 0. The fourth-order valence-corrected chi connectivity index (χ4v) is 0.187. The number of aliphatic hydroxyl groups excluding tert-OH is 2. The van der Waals surface area contributed by atoms with Crippen LogP contribution in [0.2, 0.25) is 0 Å². The lowest BCUT2D eigenvalue weighted by molar-refractivity contribution is -0.133. The number of aliphatic hydroxyl groups is 2. The van der Waals surface area contributed by atoms with Crippen molar-refractivity contribution in [1.29, 1.82) is 0 Å². The van der Waals surface area contributed by atoms with Crippen molar-refractivity contribution in [1.82, 2.24) is 0 Å². The normalized spacial score (nSPS) is 8.28. The molecule has 0 aromatic heterocycles. The minimum Gasteiger partial charge on any atom is -0.478 e. The molecule has 0 aliphatic heterocycles. The van der Waals surface area contributed by atoms with Gasteiger partial charge in [0.15, 0.2) is 0 Å². The monoisotopic (exact) mass is 578 g/mol. The van der Waals surface area contributed by atoms with Crippen molar-refractivity contribution in [3.05, 3.63) is 73.9 Å². The van der Waals surface area contributed by atoms with Gasteiger partial charge in [-0.25, -0.2) is 28.8 Å². The molecule has 230 valence electrons. The lowest BCUT2D eigenvalue weighted by Crippen LogP contribution is -2.00. The SMILES string of the molecule is C=C(C)C(=O)O.C=C(C)C(=O)O.C=C(C)C(=O)O.C=C(C)C(=O)O.C=CC(=O)O.C=CC(=O)O.CC(O)CCO. The molecule has 0 aliphatic carbocycles. The van der Waals surface area contributed by atoms with Gasteiger partial charge in [0.2, 0.25) is 0 Å². The van der Waals surface area contributed by atoms with Crippen molar-refractivity contribution in [2.24, 2.45) is 0 Å². The zero-order valence-electron chi connectivity index (χ0n) is 23.4. The molecule has 0 fully saturated rings. The molecule has 0 saturated carbocycles. The molecule has 0 spiro atoms. The van der Waals surface area contributed by atoms with Crippen LogP contribution in [0.4, 0.5) is 0 Å². The minimum atomic E-state index is -0.981. The Hall–Kier alpha value is -4.82. The highest BCUT2D eigenvalue weighted by Crippen LogP contribution is 1.84. The van der Waals surface area contributed by atoms with E-state index in [0.29, 0.717) is 6.42 Å². The summed E-state index contributed by atoms with van der Waals surface area (Å²) in [6.07, 6.45) is 1.80.